The Hall–Kier alpha value is -1.50. The van der Waals surface area contributed by atoms with E-state index in [4.69, 9.17) is 9.47 Å². The van der Waals surface area contributed by atoms with Crippen molar-refractivity contribution >= 4 is 5.91 Å². The highest BCUT2D eigenvalue weighted by molar-refractivity contribution is 5.84. The summed E-state index contributed by atoms with van der Waals surface area (Å²) < 4.78 is 25.3. The number of likely N-dealkylation sites (tertiary alicyclic amines) is 1. The van der Waals surface area contributed by atoms with Gasteiger partial charge in [-0.05, 0) is 30.7 Å². The third-order valence-electron chi connectivity index (χ3n) is 6.00. The van der Waals surface area contributed by atoms with Crippen LogP contribution in [0, 0.1) is 17.7 Å². The first-order chi connectivity index (χ1) is 12.7. The molecule has 5 nitrogen and oxygen atoms in total. The summed E-state index contributed by atoms with van der Waals surface area (Å²) in [5.41, 5.74) is 0.480. The van der Waals surface area contributed by atoms with Crippen LogP contribution in [0.3, 0.4) is 0 Å². The molecule has 0 aromatic heterocycles. The molecule has 0 spiro atoms. The van der Waals surface area contributed by atoms with Gasteiger partial charge < -0.3 is 14.4 Å². The molecule has 1 aromatic carbocycles. The Balaban J connectivity index is 1.47. The molecule has 26 heavy (non-hydrogen) atoms. The molecule has 3 heterocycles. The minimum absolute atomic E-state index is 0.0281. The van der Waals surface area contributed by atoms with E-state index in [2.05, 4.69) is 4.90 Å². The van der Waals surface area contributed by atoms with Gasteiger partial charge in [0.1, 0.15) is 11.9 Å². The van der Waals surface area contributed by atoms with Crippen molar-refractivity contribution in [1.29, 1.82) is 0 Å². The van der Waals surface area contributed by atoms with E-state index >= 15 is 0 Å². The van der Waals surface area contributed by atoms with Crippen molar-refractivity contribution < 1.29 is 18.7 Å². The van der Waals surface area contributed by atoms with Crippen LogP contribution in [0.2, 0.25) is 0 Å². The van der Waals surface area contributed by atoms with Crippen LogP contribution in [-0.4, -0.2) is 68.3 Å². The lowest BCUT2D eigenvalue weighted by Crippen LogP contribution is -2.57. The predicted molar refractivity (Wildman–Crippen MR) is 95.1 cm³/mol. The SMILES string of the molecule is O=C([C@@H](c1ccccc1F)N1CCOCC1)N1CC(C2CCOCC2)C1. The Morgan fingerprint density at radius 1 is 1.00 bits per heavy atom. The highest BCUT2D eigenvalue weighted by Gasteiger charge is 2.41. The molecule has 6 heteroatoms. The number of nitrogens with zero attached hydrogens (tertiary/aromatic N) is 2. The number of carbonyl (C=O) groups is 1. The third-order valence-corrected chi connectivity index (χ3v) is 6.00. The number of amides is 1. The number of ether oxygens (including phenoxy) is 2. The highest BCUT2D eigenvalue weighted by atomic mass is 19.1. The number of morpholine rings is 1. The van der Waals surface area contributed by atoms with Gasteiger partial charge in [0.25, 0.3) is 0 Å². The van der Waals surface area contributed by atoms with Crippen molar-refractivity contribution in [2.75, 3.05) is 52.6 Å². The fourth-order valence-electron chi connectivity index (χ4n) is 4.37. The van der Waals surface area contributed by atoms with Crippen LogP contribution >= 0.6 is 0 Å². The first kappa shape index (κ1) is 17.9. The van der Waals surface area contributed by atoms with Gasteiger partial charge in [-0.1, -0.05) is 18.2 Å². The van der Waals surface area contributed by atoms with Crippen molar-refractivity contribution in [3.63, 3.8) is 0 Å². The average molecular weight is 362 g/mol. The normalized spacial score (nSPS) is 24.3. The van der Waals surface area contributed by atoms with Crippen LogP contribution in [0.25, 0.3) is 0 Å². The first-order valence-corrected chi connectivity index (χ1v) is 9.67. The topological polar surface area (TPSA) is 42.0 Å². The standard InChI is InChI=1S/C20H27FN2O3/c21-18-4-2-1-3-17(18)19(22-7-11-26-12-8-22)20(24)23-13-16(14-23)15-5-9-25-10-6-15/h1-4,15-16,19H,5-14H2/t19-/m1/s1. The van der Waals surface area contributed by atoms with E-state index in [0.717, 1.165) is 39.1 Å². The minimum Gasteiger partial charge on any atom is -0.381 e. The molecule has 142 valence electrons. The zero-order valence-electron chi connectivity index (χ0n) is 15.1. The smallest absolute Gasteiger partial charge is 0.244 e. The summed E-state index contributed by atoms with van der Waals surface area (Å²) in [5, 5.41) is 0. The lowest BCUT2D eigenvalue weighted by Gasteiger charge is -2.47. The summed E-state index contributed by atoms with van der Waals surface area (Å²) >= 11 is 0. The van der Waals surface area contributed by atoms with Crippen LogP contribution in [0.4, 0.5) is 4.39 Å². The maximum absolute atomic E-state index is 14.5. The lowest BCUT2D eigenvalue weighted by atomic mass is 9.80. The second-order valence-corrected chi connectivity index (χ2v) is 7.53. The predicted octanol–water partition coefficient (Wildman–Crippen LogP) is 2.08. The molecule has 0 radical (unpaired) electrons. The first-order valence-electron chi connectivity index (χ1n) is 9.67. The van der Waals surface area contributed by atoms with Crippen LogP contribution in [-0.2, 0) is 14.3 Å². The maximum Gasteiger partial charge on any atom is 0.244 e. The molecule has 4 rings (SSSR count). The molecule has 0 aliphatic carbocycles. The molecule has 1 atom stereocenters. The van der Waals surface area contributed by atoms with E-state index in [1.54, 1.807) is 18.2 Å². The van der Waals surface area contributed by atoms with Crippen LogP contribution < -0.4 is 0 Å². The second-order valence-electron chi connectivity index (χ2n) is 7.53. The van der Waals surface area contributed by atoms with Gasteiger partial charge in [-0.2, -0.15) is 0 Å². The Morgan fingerprint density at radius 3 is 2.35 bits per heavy atom. The van der Waals surface area contributed by atoms with E-state index in [1.807, 2.05) is 4.90 Å². The van der Waals surface area contributed by atoms with Gasteiger partial charge in [0, 0.05) is 45.0 Å². The molecule has 1 amide bonds. The molecular formula is C20H27FN2O3. The Morgan fingerprint density at radius 2 is 1.65 bits per heavy atom. The molecule has 3 aliphatic rings. The Labute approximate surface area is 154 Å². The van der Waals surface area contributed by atoms with E-state index in [1.165, 1.54) is 6.07 Å². The molecule has 3 aliphatic heterocycles. The average Bonchev–Trinajstić information content (AvgIpc) is 2.64. The fraction of sp³-hybridized carbons (Fsp3) is 0.650. The van der Waals surface area contributed by atoms with Crippen LogP contribution in [0.1, 0.15) is 24.4 Å². The summed E-state index contributed by atoms with van der Waals surface area (Å²) in [5.74, 6) is 0.941. The van der Waals surface area contributed by atoms with Gasteiger partial charge >= 0.3 is 0 Å². The summed E-state index contributed by atoms with van der Waals surface area (Å²) in [7, 11) is 0. The molecule has 0 N–H and O–H groups in total. The van der Waals surface area contributed by atoms with Gasteiger partial charge in [0.05, 0.1) is 13.2 Å². The van der Waals surface area contributed by atoms with Crippen LogP contribution in [0.15, 0.2) is 24.3 Å². The van der Waals surface area contributed by atoms with E-state index in [9.17, 15) is 9.18 Å². The van der Waals surface area contributed by atoms with Gasteiger partial charge in [0.15, 0.2) is 0 Å². The van der Waals surface area contributed by atoms with Gasteiger partial charge in [-0.25, -0.2) is 4.39 Å². The summed E-state index contributed by atoms with van der Waals surface area (Å²) in [6.07, 6.45) is 2.18. The molecule has 3 fully saturated rings. The van der Waals surface area contributed by atoms with Gasteiger partial charge in [-0.15, -0.1) is 0 Å². The van der Waals surface area contributed by atoms with Crippen molar-refractivity contribution in [3.8, 4) is 0 Å². The van der Waals surface area contributed by atoms with E-state index in [0.29, 0.717) is 43.7 Å². The molecule has 0 unspecified atom stereocenters. The number of hydrogen-bond donors (Lipinski definition) is 0. The van der Waals surface area contributed by atoms with Crippen molar-refractivity contribution in [2.45, 2.75) is 18.9 Å². The highest BCUT2D eigenvalue weighted by Crippen LogP contribution is 2.34. The minimum atomic E-state index is -0.546. The molecule has 0 bridgehead atoms. The van der Waals surface area contributed by atoms with Gasteiger partial charge in [0.2, 0.25) is 5.91 Å². The quantitative estimate of drug-likeness (QED) is 0.823. The number of benzene rings is 1. The number of halogens is 1. The largest absolute Gasteiger partial charge is 0.381 e. The maximum atomic E-state index is 14.5. The molecule has 0 saturated carbocycles. The summed E-state index contributed by atoms with van der Waals surface area (Å²) in [6.45, 7) is 5.73. The van der Waals surface area contributed by atoms with Gasteiger partial charge in [-0.3, -0.25) is 9.69 Å². The van der Waals surface area contributed by atoms with Crippen LogP contribution in [0.5, 0.6) is 0 Å². The number of hydrogen-bond acceptors (Lipinski definition) is 4. The van der Waals surface area contributed by atoms with E-state index in [-0.39, 0.29) is 11.7 Å². The van der Waals surface area contributed by atoms with Crippen molar-refractivity contribution in [2.24, 2.45) is 11.8 Å². The second kappa shape index (κ2) is 8.03. The summed E-state index contributed by atoms with van der Waals surface area (Å²) in [6, 6.07) is 6.11. The lowest BCUT2D eigenvalue weighted by molar-refractivity contribution is -0.148. The molecule has 1 aromatic rings. The fourth-order valence-corrected chi connectivity index (χ4v) is 4.37. The number of carbonyl (C=O) groups excluding carboxylic acids is 1. The molecular weight excluding hydrogens is 335 g/mol. The Kier molecular flexibility index (Phi) is 5.52. The summed E-state index contributed by atoms with van der Waals surface area (Å²) in [4.78, 5) is 17.2. The van der Waals surface area contributed by atoms with E-state index < -0.39 is 6.04 Å². The molecule has 3 saturated heterocycles. The zero-order valence-corrected chi connectivity index (χ0v) is 15.1. The monoisotopic (exact) mass is 362 g/mol. The van der Waals surface area contributed by atoms with Crippen molar-refractivity contribution in [3.05, 3.63) is 35.6 Å². The number of rotatable bonds is 4. The Bertz CT molecular complexity index is 623. The third kappa shape index (κ3) is 3.63. The van der Waals surface area contributed by atoms with Crippen molar-refractivity contribution in [1.82, 2.24) is 9.80 Å². The zero-order chi connectivity index (χ0) is 17.9.